The van der Waals surface area contributed by atoms with Crippen molar-refractivity contribution in [1.29, 1.82) is 0 Å². The first-order valence-corrected chi connectivity index (χ1v) is 7.97. The Morgan fingerprint density at radius 1 is 1.17 bits per heavy atom. The third-order valence-electron chi connectivity index (χ3n) is 3.40. The Kier molecular flexibility index (Phi) is 5.29. The number of allylic oxidation sites excluding steroid dienone is 1. The Bertz CT molecular complexity index is 674. The van der Waals surface area contributed by atoms with Crippen LogP contribution in [0.25, 0.3) is 11.3 Å². The van der Waals surface area contributed by atoms with Gasteiger partial charge >= 0.3 is 0 Å². The van der Waals surface area contributed by atoms with Gasteiger partial charge in [-0.3, -0.25) is 5.43 Å². The van der Waals surface area contributed by atoms with Crippen LogP contribution < -0.4 is 16.2 Å². The third-order valence-corrected chi connectivity index (χ3v) is 3.62. The molecule has 0 saturated carbocycles. The molecular formula is C17H19N3O2S. The fraction of sp³-hybridized carbons (Fsp3) is 0.235. The van der Waals surface area contributed by atoms with Crippen molar-refractivity contribution in [2.75, 3.05) is 6.61 Å². The molecular weight excluding hydrogens is 310 g/mol. The molecule has 6 heteroatoms. The lowest BCUT2D eigenvalue weighted by Crippen LogP contribution is -2.41. The van der Waals surface area contributed by atoms with Crippen LogP contribution in [-0.2, 0) is 11.3 Å². The summed E-state index contributed by atoms with van der Waals surface area (Å²) in [5.74, 6) is 2.62. The van der Waals surface area contributed by atoms with E-state index in [0.29, 0.717) is 11.7 Å². The van der Waals surface area contributed by atoms with E-state index in [9.17, 15) is 0 Å². The molecule has 2 aromatic rings. The van der Waals surface area contributed by atoms with Crippen LogP contribution in [0.2, 0.25) is 0 Å². The number of thiocarbonyl (C=S) groups is 1. The van der Waals surface area contributed by atoms with Gasteiger partial charge in [0.25, 0.3) is 0 Å². The van der Waals surface area contributed by atoms with Gasteiger partial charge in [-0.2, -0.15) is 0 Å². The molecule has 0 spiro atoms. The summed E-state index contributed by atoms with van der Waals surface area (Å²) in [4.78, 5) is 0. The van der Waals surface area contributed by atoms with Gasteiger partial charge in [-0.25, -0.2) is 5.43 Å². The maximum atomic E-state index is 5.79. The first-order chi connectivity index (χ1) is 11.3. The molecule has 0 amide bonds. The SMILES string of the molecule is S=C(NC=C1CCCO1)NNCc1ccc(-c2ccccc2)o1. The van der Waals surface area contributed by atoms with Gasteiger partial charge in [0.2, 0.25) is 0 Å². The first-order valence-electron chi connectivity index (χ1n) is 7.56. The molecule has 2 heterocycles. The van der Waals surface area contributed by atoms with Crippen LogP contribution in [-0.4, -0.2) is 11.7 Å². The van der Waals surface area contributed by atoms with Crippen LogP contribution >= 0.6 is 12.2 Å². The van der Waals surface area contributed by atoms with Gasteiger partial charge in [-0.1, -0.05) is 30.3 Å². The van der Waals surface area contributed by atoms with Gasteiger partial charge in [-0.05, 0) is 30.8 Å². The minimum atomic E-state index is 0.489. The van der Waals surface area contributed by atoms with Gasteiger partial charge in [0.15, 0.2) is 5.11 Å². The minimum Gasteiger partial charge on any atom is -0.496 e. The van der Waals surface area contributed by atoms with Crippen molar-refractivity contribution in [3.63, 3.8) is 0 Å². The van der Waals surface area contributed by atoms with Crippen molar-refractivity contribution in [3.8, 4) is 11.3 Å². The number of benzene rings is 1. The highest BCUT2D eigenvalue weighted by Crippen LogP contribution is 2.21. The summed E-state index contributed by atoms with van der Waals surface area (Å²) in [7, 11) is 0. The summed E-state index contributed by atoms with van der Waals surface area (Å²) in [6.45, 7) is 1.32. The summed E-state index contributed by atoms with van der Waals surface area (Å²) in [5.41, 5.74) is 7.00. The average molecular weight is 329 g/mol. The minimum absolute atomic E-state index is 0.489. The Balaban J connectivity index is 1.43. The molecule has 23 heavy (non-hydrogen) atoms. The van der Waals surface area contributed by atoms with E-state index >= 15 is 0 Å². The molecule has 0 radical (unpaired) electrons. The molecule has 3 N–H and O–H groups in total. The number of ether oxygens (including phenoxy) is 1. The van der Waals surface area contributed by atoms with Crippen molar-refractivity contribution < 1.29 is 9.15 Å². The zero-order chi connectivity index (χ0) is 15.9. The highest BCUT2D eigenvalue weighted by Gasteiger charge is 2.07. The average Bonchev–Trinajstić information content (AvgIpc) is 3.26. The number of nitrogens with one attached hydrogen (secondary N) is 3. The van der Waals surface area contributed by atoms with Crippen molar-refractivity contribution in [2.45, 2.75) is 19.4 Å². The lowest BCUT2D eigenvalue weighted by molar-refractivity contribution is 0.262. The topological polar surface area (TPSA) is 58.5 Å². The Morgan fingerprint density at radius 3 is 2.83 bits per heavy atom. The Labute approximate surface area is 140 Å². The van der Waals surface area contributed by atoms with Gasteiger partial charge in [0.1, 0.15) is 17.3 Å². The molecule has 0 unspecified atom stereocenters. The predicted octanol–water partition coefficient (Wildman–Crippen LogP) is 3.07. The zero-order valence-corrected chi connectivity index (χ0v) is 13.5. The van der Waals surface area contributed by atoms with E-state index in [-0.39, 0.29) is 0 Å². The van der Waals surface area contributed by atoms with Crippen molar-refractivity contribution in [2.24, 2.45) is 0 Å². The highest BCUT2D eigenvalue weighted by molar-refractivity contribution is 7.80. The number of hydrogen-bond acceptors (Lipinski definition) is 4. The van der Waals surface area contributed by atoms with Crippen LogP contribution in [0.15, 0.2) is 58.8 Å². The highest BCUT2D eigenvalue weighted by atomic mass is 32.1. The van der Waals surface area contributed by atoms with Crippen molar-refractivity contribution in [1.82, 2.24) is 16.2 Å². The van der Waals surface area contributed by atoms with E-state index in [1.54, 1.807) is 6.20 Å². The standard InChI is InChI=1S/C17H19N3O2S/c23-17(18-11-14-7-4-10-21-14)20-19-12-15-8-9-16(22-15)13-5-2-1-3-6-13/h1-3,5-6,8-9,11,19H,4,7,10,12H2,(H2,18,20,23). The second-order valence-corrected chi connectivity index (χ2v) is 5.55. The second kappa shape index (κ2) is 7.80. The zero-order valence-electron chi connectivity index (χ0n) is 12.7. The van der Waals surface area contributed by atoms with Crippen molar-refractivity contribution in [3.05, 3.63) is 60.2 Å². The number of hydrogen-bond donors (Lipinski definition) is 3. The Hall–Kier alpha value is -2.31. The molecule has 1 aliphatic rings. The van der Waals surface area contributed by atoms with Crippen molar-refractivity contribution >= 4 is 17.3 Å². The van der Waals surface area contributed by atoms with E-state index < -0.39 is 0 Å². The van der Waals surface area contributed by atoms with Crippen LogP contribution in [0.4, 0.5) is 0 Å². The number of rotatable bonds is 5. The van der Waals surface area contributed by atoms with E-state index in [1.807, 2.05) is 42.5 Å². The number of furan rings is 1. The van der Waals surface area contributed by atoms with Crippen LogP contribution in [0.1, 0.15) is 18.6 Å². The van der Waals surface area contributed by atoms with E-state index in [4.69, 9.17) is 21.4 Å². The summed E-state index contributed by atoms with van der Waals surface area (Å²) in [5, 5.41) is 3.47. The predicted molar refractivity (Wildman–Crippen MR) is 93.1 cm³/mol. The molecule has 1 fully saturated rings. The summed E-state index contributed by atoms with van der Waals surface area (Å²) in [6.07, 6.45) is 3.82. The second-order valence-electron chi connectivity index (χ2n) is 5.15. The molecule has 0 aliphatic carbocycles. The van der Waals surface area contributed by atoms with Gasteiger partial charge < -0.3 is 14.5 Å². The lowest BCUT2D eigenvalue weighted by Gasteiger charge is -2.08. The molecule has 1 aromatic heterocycles. The van der Waals surface area contributed by atoms with Crippen LogP contribution in [0.5, 0.6) is 0 Å². The number of hydrazine groups is 1. The molecule has 0 bridgehead atoms. The van der Waals surface area contributed by atoms with Gasteiger partial charge in [0, 0.05) is 18.2 Å². The van der Waals surface area contributed by atoms with E-state index in [1.165, 1.54) is 0 Å². The smallest absolute Gasteiger partial charge is 0.184 e. The maximum absolute atomic E-state index is 5.79. The largest absolute Gasteiger partial charge is 0.496 e. The van der Waals surface area contributed by atoms with Crippen LogP contribution in [0.3, 0.4) is 0 Å². The molecule has 1 aromatic carbocycles. The van der Waals surface area contributed by atoms with Crippen LogP contribution in [0, 0.1) is 0 Å². The fourth-order valence-corrected chi connectivity index (χ4v) is 2.39. The first kappa shape index (κ1) is 15.6. The molecule has 1 aliphatic heterocycles. The molecule has 1 saturated heterocycles. The fourth-order valence-electron chi connectivity index (χ4n) is 2.26. The summed E-state index contributed by atoms with van der Waals surface area (Å²) in [6, 6.07) is 13.9. The van der Waals surface area contributed by atoms with Gasteiger partial charge in [0.05, 0.1) is 13.2 Å². The summed E-state index contributed by atoms with van der Waals surface area (Å²) < 4.78 is 11.2. The maximum Gasteiger partial charge on any atom is 0.184 e. The van der Waals surface area contributed by atoms with E-state index in [0.717, 1.165) is 42.3 Å². The molecule has 5 nitrogen and oxygen atoms in total. The summed E-state index contributed by atoms with van der Waals surface area (Å²) >= 11 is 5.17. The molecule has 120 valence electrons. The van der Waals surface area contributed by atoms with Gasteiger partial charge in [-0.15, -0.1) is 0 Å². The lowest BCUT2D eigenvalue weighted by atomic mass is 10.2. The normalized spacial score (nSPS) is 15.4. The quantitative estimate of drug-likeness (QED) is 0.579. The molecule has 3 rings (SSSR count). The Morgan fingerprint density at radius 2 is 2.04 bits per heavy atom. The van der Waals surface area contributed by atoms with E-state index in [2.05, 4.69) is 16.2 Å². The third kappa shape index (κ3) is 4.58. The monoisotopic (exact) mass is 329 g/mol. The molecule has 0 atom stereocenters.